The topological polar surface area (TPSA) is 117 Å². The number of benzene rings is 1. The van der Waals surface area contributed by atoms with E-state index in [1.54, 1.807) is 35.9 Å². The summed E-state index contributed by atoms with van der Waals surface area (Å²) in [6, 6.07) is 6.79. The van der Waals surface area contributed by atoms with E-state index in [0.29, 0.717) is 29.5 Å². The molecule has 0 aliphatic carbocycles. The lowest BCUT2D eigenvalue weighted by Gasteiger charge is -2.09. The molecule has 3 aromatic rings. The Morgan fingerprint density at radius 1 is 1.33 bits per heavy atom. The van der Waals surface area contributed by atoms with Crippen molar-refractivity contribution >= 4 is 23.3 Å². The molecule has 9 nitrogen and oxygen atoms in total. The van der Waals surface area contributed by atoms with Gasteiger partial charge in [-0.2, -0.15) is 10.1 Å². The number of H-pyrrole nitrogens is 1. The van der Waals surface area contributed by atoms with Crippen LogP contribution in [-0.2, 0) is 13.6 Å². The number of rotatable bonds is 6. The van der Waals surface area contributed by atoms with E-state index in [4.69, 9.17) is 0 Å². The first-order valence-corrected chi connectivity index (χ1v) is 8.65. The van der Waals surface area contributed by atoms with Crippen LogP contribution in [0.1, 0.15) is 25.8 Å². The van der Waals surface area contributed by atoms with Crippen molar-refractivity contribution in [1.29, 1.82) is 0 Å². The van der Waals surface area contributed by atoms with Crippen molar-refractivity contribution in [1.82, 2.24) is 19.1 Å². The number of fused-ring (bicyclic) bond motifs is 1. The molecule has 0 radical (unpaired) electrons. The molecule has 1 aromatic carbocycles. The minimum Gasteiger partial charge on any atom is -0.507 e. The molecule has 0 saturated heterocycles. The van der Waals surface area contributed by atoms with Crippen LogP contribution < -0.4 is 16.7 Å². The van der Waals surface area contributed by atoms with Gasteiger partial charge >= 0.3 is 5.69 Å². The Hall–Kier alpha value is -3.36. The van der Waals surface area contributed by atoms with Gasteiger partial charge in [-0.15, -0.1) is 0 Å². The van der Waals surface area contributed by atoms with Crippen LogP contribution in [0.25, 0.3) is 11.2 Å². The van der Waals surface area contributed by atoms with Crippen LogP contribution in [0.4, 0.5) is 5.95 Å². The van der Waals surface area contributed by atoms with E-state index in [0.717, 1.165) is 6.42 Å². The lowest BCUT2D eigenvalue weighted by Crippen LogP contribution is -2.29. The van der Waals surface area contributed by atoms with Gasteiger partial charge in [-0.3, -0.25) is 14.3 Å². The largest absolute Gasteiger partial charge is 0.507 e. The van der Waals surface area contributed by atoms with E-state index in [1.807, 2.05) is 0 Å². The number of para-hydroxylation sites is 1. The van der Waals surface area contributed by atoms with E-state index >= 15 is 0 Å². The van der Waals surface area contributed by atoms with Crippen LogP contribution in [0.15, 0.2) is 39.0 Å². The molecule has 3 N–H and O–H groups in total. The molecular weight excluding hydrogens is 348 g/mol. The third-order valence-corrected chi connectivity index (χ3v) is 4.24. The van der Waals surface area contributed by atoms with Gasteiger partial charge in [0.15, 0.2) is 11.2 Å². The van der Waals surface area contributed by atoms with Crippen LogP contribution >= 0.6 is 0 Å². The Kier molecular flexibility index (Phi) is 5.11. The lowest BCUT2D eigenvalue weighted by molar-refractivity contribution is 0.474. The predicted molar refractivity (Wildman–Crippen MR) is 104 cm³/mol. The smallest absolute Gasteiger partial charge is 0.329 e. The van der Waals surface area contributed by atoms with Gasteiger partial charge < -0.3 is 9.67 Å². The molecule has 0 amide bonds. The summed E-state index contributed by atoms with van der Waals surface area (Å²) in [5.41, 5.74) is 2.96. The quantitative estimate of drug-likeness (QED) is 0.450. The number of aryl methyl sites for hydroxylation is 2. The Morgan fingerprint density at radius 2 is 2.07 bits per heavy atom. The van der Waals surface area contributed by atoms with E-state index in [1.165, 1.54) is 10.8 Å². The first-order valence-electron chi connectivity index (χ1n) is 8.65. The average molecular weight is 370 g/mol. The van der Waals surface area contributed by atoms with Gasteiger partial charge in [0.25, 0.3) is 5.56 Å². The third kappa shape index (κ3) is 3.76. The van der Waals surface area contributed by atoms with Crippen LogP contribution in [0.2, 0.25) is 0 Å². The monoisotopic (exact) mass is 370 g/mol. The summed E-state index contributed by atoms with van der Waals surface area (Å²) in [6.45, 7) is 4.72. The number of nitrogens with zero attached hydrogens (tertiary/aromatic N) is 4. The molecule has 0 fully saturated rings. The fraction of sp³-hybridized carbons (Fsp3) is 0.333. The van der Waals surface area contributed by atoms with Crippen molar-refractivity contribution in [3.8, 4) is 5.75 Å². The van der Waals surface area contributed by atoms with Gasteiger partial charge in [0.05, 0.1) is 6.21 Å². The predicted octanol–water partition coefficient (Wildman–Crippen LogP) is 1.62. The number of hydrogen-bond acceptors (Lipinski definition) is 6. The van der Waals surface area contributed by atoms with Crippen LogP contribution in [0, 0.1) is 5.92 Å². The first-order chi connectivity index (χ1) is 12.9. The van der Waals surface area contributed by atoms with Crippen molar-refractivity contribution in [3.05, 3.63) is 50.7 Å². The van der Waals surface area contributed by atoms with Gasteiger partial charge in [0, 0.05) is 19.2 Å². The zero-order valence-corrected chi connectivity index (χ0v) is 15.4. The summed E-state index contributed by atoms with van der Waals surface area (Å²) < 4.78 is 3.01. The Labute approximate surface area is 155 Å². The molecule has 0 saturated carbocycles. The normalized spacial score (nSPS) is 11.7. The van der Waals surface area contributed by atoms with Crippen LogP contribution in [0.3, 0.4) is 0 Å². The number of aromatic amines is 1. The Morgan fingerprint density at radius 3 is 2.78 bits per heavy atom. The summed E-state index contributed by atoms with van der Waals surface area (Å²) in [5.74, 6) is 0.880. The highest BCUT2D eigenvalue weighted by atomic mass is 16.3. The molecular formula is C18H22N6O3. The zero-order valence-electron chi connectivity index (χ0n) is 15.4. The zero-order chi connectivity index (χ0) is 19.6. The summed E-state index contributed by atoms with van der Waals surface area (Å²) in [6.07, 6.45) is 2.29. The fourth-order valence-electron chi connectivity index (χ4n) is 2.68. The van der Waals surface area contributed by atoms with Gasteiger partial charge in [0.2, 0.25) is 5.95 Å². The second kappa shape index (κ2) is 7.48. The summed E-state index contributed by atoms with van der Waals surface area (Å²) in [7, 11) is 1.55. The molecule has 0 unspecified atom stereocenters. The van der Waals surface area contributed by atoms with E-state index in [9.17, 15) is 14.7 Å². The highest BCUT2D eigenvalue weighted by Crippen LogP contribution is 2.18. The number of nitrogens with one attached hydrogen (secondary N) is 2. The summed E-state index contributed by atoms with van der Waals surface area (Å²) in [4.78, 5) is 30.9. The summed E-state index contributed by atoms with van der Waals surface area (Å²) in [5, 5.41) is 13.9. The maximum absolute atomic E-state index is 12.3. The molecule has 0 aliphatic rings. The molecule has 3 rings (SSSR count). The number of hydrogen-bond donors (Lipinski definition) is 3. The van der Waals surface area contributed by atoms with E-state index in [-0.39, 0.29) is 11.4 Å². The van der Waals surface area contributed by atoms with Crippen molar-refractivity contribution in [2.24, 2.45) is 18.1 Å². The number of phenolic OH excluding ortho intramolecular Hbond substituents is 1. The number of anilines is 1. The number of aromatic hydroxyl groups is 1. The molecule has 0 aliphatic heterocycles. The minimum absolute atomic E-state index is 0.107. The van der Waals surface area contributed by atoms with E-state index < -0.39 is 11.2 Å². The van der Waals surface area contributed by atoms with Crippen molar-refractivity contribution in [2.45, 2.75) is 26.8 Å². The fourth-order valence-corrected chi connectivity index (χ4v) is 2.68. The number of aromatic nitrogens is 4. The molecule has 142 valence electrons. The molecule has 0 spiro atoms. The number of imidazole rings is 1. The SMILES string of the molecule is CC(C)CCn1c(NN=Cc2ccccc2O)nc2c1c(=O)[nH]c(=O)n2C. The maximum atomic E-state index is 12.3. The lowest BCUT2D eigenvalue weighted by atomic mass is 10.1. The van der Waals surface area contributed by atoms with E-state index in [2.05, 4.69) is 34.3 Å². The van der Waals surface area contributed by atoms with Crippen LogP contribution in [-0.4, -0.2) is 30.4 Å². The third-order valence-electron chi connectivity index (χ3n) is 4.24. The van der Waals surface area contributed by atoms with Crippen molar-refractivity contribution < 1.29 is 5.11 Å². The number of phenols is 1. The maximum Gasteiger partial charge on any atom is 0.329 e. The molecule has 27 heavy (non-hydrogen) atoms. The molecule has 9 heteroatoms. The van der Waals surface area contributed by atoms with Crippen molar-refractivity contribution in [2.75, 3.05) is 5.43 Å². The van der Waals surface area contributed by atoms with Gasteiger partial charge in [-0.05, 0) is 24.5 Å². The summed E-state index contributed by atoms with van der Waals surface area (Å²) >= 11 is 0. The molecule has 2 heterocycles. The molecule has 2 aromatic heterocycles. The average Bonchev–Trinajstić information content (AvgIpc) is 2.99. The van der Waals surface area contributed by atoms with Gasteiger partial charge in [-0.1, -0.05) is 26.0 Å². The van der Waals surface area contributed by atoms with Crippen molar-refractivity contribution in [3.63, 3.8) is 0 Å². The van der Waals surface area contributed by atoms with Gasteiger partial charge in [-0.25, -0.2) is 10.2 Å². The highest BCUT2D eigenvalue weighted by Gasteiger charge is 2.17. The highest BCUT2D eigenvalue weighted by molar-refractivity contribution is 5.83. The standard InChI is InChI=1S/C18H22N6O3/c1-11(2)8-9-24-14-15(23(3)18(27)21-16(14)26)20-17(24)22-19-10-12-6-4-5-7-13(12)25/h4-7,10-11,25H,8-9H2,1-3H3,(H,20,22)(H,21,26,27). The Bertz CT molecular complexity index is 1110. The Balaban J connectivity index is 2.03. The van der Waals surface area contributed by atoms with Crippen LogP contribution in [0.5, 0.6) is 5.75 Å². The van der Waals surface area contributed by atoms with Gasteiger partial charge in [0.1, 0.15) is 5.75 Å². The molecule has 0 bridgehead atoms. The second-order valence-corrected chi connectivity index (χ2v) is 6.69. The second-order valence-electron chi connectivity index (χ2n) is 6.69. The first kappa shape index (κ1) is 18.4. The minimum atomic E-state index is -0.523. The number of hydrazone groups is 1. The molecule has 0 atom stereocenters.